The van der Waals surface area contributed by atoms with Gasteiger partial charge in [0.15, 0.2) is 0 Å². The van der Waals surface area contributed by atoms with Crippen molar-refractivity contribution in [1.82, 2.24) is 0 Å². The number of nitrogens with two attached hydrogens (primary N) is 1. The first-order valence-electron chi connectivity index (χ1n) is 6.77. The first-order valence-corrected chi connectivity index (χ1v) is 7.65. The Morgan fingerprint density at radius 3 is 2.71 bits per heavy atom. The molecule has 0 saturated carbocycles. The maximum atomic E-state index is 8.85. The first-order chi connectivity index (χ1) is 10.3. The normalized spacial score (nSPS) is 9.52. The molecule has 0 radical (unpaired) electrons. The van der Waals surface area contributed by atoms with Gasteiger partial charge in [0.25, 0.3) is 0 Å². The van der Waals surface area contributed by atoms with Crippen molar-refractivity contribution in [2.75, 3.05) is 18.0 Å². The highest BCUT2D eigenvalue weighted by molar-refractivity contribution is 7.10. The van der Waals surface area contributed by atoms with Crippen molar-refractivity contribution in [3.63, 3.8) is 0 Å². The molecule has 106 valence electrons. The second-order valence-corrected chi connectivity index (χ2v) is 5.43. The zero-order valence-corrected chi connectivity index (χ0v) is 12.6. The van der Waals surface area contributed by atoms with Crippen molar-refractivity contribution in [3.8, 4) is 17.9 Å². The maximum Gasteiger partial charge on any atom is 0.0640 e. The summed E-state index contributed by atoms with van der Waals surface area (Å²) in [6.07, 6.45) is 0.504. The number of hydrogen-bond donors (Lipinski definition) is 1. The third kappa shape index (κ3) is 4.36. The van der Waals surface area contributed by atoms with Gasteiger partial charge < -0.3 is 10.6 Å². The number of anilines is 1. The predicted molar refractivity (Wildman–Crippen MR) is 88.0 cm³/mol. The van der Waals surface area contributed by atoms with Crippen molar-refractivity contribution < 1.29 is 0 Å². The molecule has 0 saturated heterocycles. The lowest BCUT2D eigenvalue weighted by Crippen LogP contribution is -2.23. The Labute approximate surface area is 129 Å². The van der Waals surface area contributed by atoms with Crippen LogP contribution in [0.2, 0.25) is 0 Å². The van der Waals surface area contributed by atoms with Gasteiger partial charge in [0.1, 0.15) is 0 Å². The van der Waals surface area contributed by atoms with Crippen LogP contribution in [0.25, 0.3) is 0 Å². The molecule has 0 bridgehead atoms. The fraction of sp³-hybridized carbons (Fsp3) is 0.235. The molecular formula is C17H17N3S. The Kier molecular flexibility index (Phi) is 5.84. The van der Waals surface area contributed by atoms with E-state index in [1.807, 2.05) is 29.6 Å². The summed E-state index contributed by atoms with van der Waals surface area (Å²) in [5, 5.41) is 10.9. The summed E-state index contributed by atoms with van der Waals surface area (Å²) in [6.45, 7) is 1.84. The van der Waals surface area contributed by atoms with Crippen LogP contribution in [-0.4, -0.2) is 13.1 Å². The zero-order chi connectivity index (χ0) is 14.9. The van der Waals surface area contributed by atoms with Crippen LogP contribution < -0.4 is 10.6 Å². The third-order valence-electron chi connectivity index (χ3n) is 3.02. The second-order valence-electron chi connectivity index (χ2n) is 4.43. The summed E-state index contributed by atoms with van der Waals surface area (Å²) in [6, 6.07) is 14.4. The summed E-state index contributed by atoms with van der Waals surface area (Å²) in [7, 11) is 0. The van der Waals surface area contributed by atoms with Crippen LogP contribution in [0, 0.1) is 23.2 Å². The lowest BCUT2D eigenvalue weighted by molar-refractivity contribution is 0.805. The summed E-state index contributed by atoms with van der Waals surface area (Å²) in [4.78, 5) is 3.42. The van der Waals surface area contributed by atoms with Crippen LogP contribution in [0.5, 0.6) is 0 Å². The molecule has 1 heterocycles. The minimum atomic E-state index is 0.367. The largest absolute Gasteiger partial charge is 0.365 e. The van der Waals surface area contributed by atoms with Crippen LogP contribution in [0.3, 0.4) is 0 Å². The van der Waals surface area contributed by atoms with Crippen LogP contribution in [0.1, 0.15) is 16.9 Å². The Morgan fingerprint density at radius 1 is 1.19 bits per heavy atom. The number of benzene rings is 1. The Balaban J connectivity index is 2.20. The van der Waals surface area contributed by atoms with Gasteiger partial charge in [-0.15, -0.1) is 11.3 Å². The van der Waals surface area contributed by atoms with Crippen LogP contribution in [0.15, 0.2) is 41.8 Å². The number of nitrogens with zero attached hydrogens (tertiary/aromatic N) is 2. The van der Waals surface area contributed by atoms with E-state index in [0.717, 1.165) is 17.8 Å². The van der Waals surface area contributed by atoms with E-state index in [2.05, 4.69) is 34.9 Å². The van der Waals surface area contributed by atoms with E-state index in [1.165, 1.54) is 4.88 Å². The topological polar surface area (TPSA) is 53.0 Å². The number of rotatable bonds is 5. The highest BCUT2D eigenvalue weighted by Gasteiger charge is 2.10. The highest BCUT2D eigenvalue weighted by atomic mass is 32.1. The van der Waals surface area contributed by atoms with E-state index in [-0.39, 0.29) is 0 Å². The van der Waals surface area contributed by atoms with E-state index in [9.17, 15) is 0 Å². The SMILES string of the molecule is N#CCCN(Cc1sccc1C#CCN)c1ccccc1. The predicted octanol–water partition coefficient (Wildman–Crippen LogP) is 2.98. The van der Waals surface area contributed by atoms with Gasteiger partial charge in [-0.1, -0.05) is 30.0 Å². The molecule has 0 atom stereocenters. The minimum absolute atomic E-state index is 0.367. The summed E-state index contributed by atoms with van der Waals surface area (Å²) in [5.74, 6) is 6.01. The average Bonchev–Trinajstić information content (AvgIpc) is 2.97. The Bertz CT molecular complexity index is 659. The van der Waals surface area contributed by atoms with Crippen molar-refractivity contribution in [2.45, 2.75) is 13.0 Å². The molecule has 2 N–H and O–H groups in total. The zero-order valence-electron chi connectivity index (χ0n) is 11.7. The summed E-state index contributed by atoms with van der Waals surface area (Å²) in [5.41, 5.74) is 7.59. The van der Waals surface area contributed by atoms with Crippen LogP contribution in [0.4, 0.5) is 5.69 Å². The second kappa shape index (κ2) is 8.11. The molecule has 21 heavy (non-hydrogen) atoms. The van der Waals surface area contributed by atoms with Gasteiger partial charge in [0, 0.05) is 22.7 Å². The molecule has 1 aromatic heterocycles. The average molecular weight is 295 g/mol. The van der Waals surface area contributed by atoms with E-state index >= 15 is 0 Å². The Hall–Kier alpha value is -2.27. The summed E-state index contributed by atoms with van der Waals surface area (Å²) < 4.78 is 0. The maximum absolute atomic E-state index is 8.85. The lowest BCUT2D eigenvalue weighted by Gasteiger charge is -2.23. The number of para-hydroxylation sites is 1. The highest BCUT2D eigenvalue weighted by Crippen LogP contribution is 2.22. The molecule has 4 heteroatoms. The molecule has 3 nitrogen and oxygen atoms in total. The van der Waals surface area contributed by atoms with E-state index < -0.39 is 0 Å². The Morgan fingerprint density at radius 2 is 2.00 bits per heavy atom. The molecule has 0 amide bonds. The fourth-order valence-electron chi connectivity index (χ4n) is 2.02. The molecule has 0 spiro atoms. The number of nitriles is 1. The molecule has 0 aliphatic heterocycles. The van der Waals surface area contributed by atoms with Gasteiger partial charge in [-0.25, -0.2) is 0 Å². The molecule has 0 aliphatic carbocycles. The molecule has 0 unspecified atom stereocenters. The summed E-state index contributed by atoms with van der Waals surface area (Å²) >= 11 is 1.69. The lowest BCUT2D eigenvalue weighted by atomic mass is 10.2. The number of hydrogen-bond acceptors (Lipinski definition) is 4. The molecule has 0 aliphatic rings. The standard InChI is InChI=1S/C17H17N3S/c18-10-4-6-15-9-13-21-17(15)14-20(12-5-11-19)16-7-2-1-3-8-16/h1-3,7-9,13H,5,10,12,14,18H2. The van der Waals surface area contributed by atoms with Crippen molar-refractivity contribution in [3.05, 3.63) is 52.2 Å². The van der Waals surface area contributed by atoms with Crippen molar-refractivity contribution in [2.24, 2.45) is 5.73 Å². The van der Waals surface area contributed by atoms with Gasteiger partial charge in [0.05, 0.1) is 25.6 Å². The minimum Gasteiger partial charge on any atom is -0.365 e. The number of thiophene rings is 1. The quantitative estimate of drug-likeness (QED) is 0.863. The van der Waals surface area contributed by atoms with Gasteiger partial charge in [0.2, 0.25) is 0 Å². The van der Waals surface area contributed by atoms with E-state index in [0.29, 0.717) is 19.5 Å². The fourth-order valence-corrected chi connectivity index (χ4v) is 2.86. The monoisotopic (exact) mass is 295 g/mol. The third-order valence-corrected chi connectivity index (χ3v) is 3.93. The smallest absolute Gasteiger partial charge is 0.0640 e. The van der Waals surface area contributed by atoms with Gasteiger partial charge in [-0.2, -0.15) is 5.26 Å². The van der Waals surface area contributed by atoms with Crippen LogP contribution in [-0.2, 0) is 6.54 Å². The molecule has 1 aromatic carbocycles. The van der Waals surface area contributed by atoms with E-state index in [1.54, 1.807) is 11.3 Å². The van der Waals surface area contributed by atoms with Crippen LogP contribution >= 0.6 is 11.3 Å². The first kappa shape index (κ1) is 15.1. The van der Waals surface area contributed by atoms with Gasteiger partial charge >= 0.3 is 0 Å². The van der Waals surface area contributed by atoms with E-state index in [4.69, 9.17) is 11.0 Å². The molecule has 0 fully saturated rings. The van der Waals surface area contributed by atoms with Crippen molar-refractivity contribution >= 4 is 17.0 Å². The van der Waals surface area contributed by atoms with Gasteiger partial charge in [-0.3, -0.25) is 0 Å². The molecule has 2 rings (SSSR count). The molecular weight excluding hydrogens is 278 g/mol. The van der Waals surface area contributed by atoms with Gasteiger partial charge in [-0.05, 0) is 23.6 Å². The molecule has 2 aromatic rings. The van der Waals surface area contributed by atoms with Crippen molar-refractivity contribution in [1.29, 1.82) is 5.26 Å².